The van der Waals surface area contributed by atoms with Crippen molar-refractivity contribution >= 4 is 28.9 Å². The molecule has 0 radical (unpaired) electrons. The van der Waals surface area contributed by atoms with Crippen molar-refractivity contribution in [3.05, 3.63) is 107 Å². The zero-order chi connectivity index (χ0) is 27.5. The number of anilines is 1. The van der Waals surface area contributed by atoms with E-state index in [0.717, 1.165) is 46.0 Å². The van der Waals surface area contributed by atoms with Gasteiger partial charge in [-0.25, -0.2) is 0 Å². The summed E-state index contributed by atoms with van der Waals surface area (Å²) in [6, 6.07) is 22.8. The molecule has 1 amide bonds. The minimum absolute atomic E-state index is 0.0570. The molecular weight excluding hydrogens is 506 g/mol. The lowest BCUT2D eigenvalue weighted by Gasteiger charge is -2.28. The minimum Gasteiger partial charge on any atom is -0.506 e. The molecule has 200 valence electrons. The van der Waals surface area contributed by atoms with E-state index >= 15 is 0 Å². The average Bonchev–Trinajstić information content (AvgIpc) is 3.42. The summed E-state index contributed by atoms with van der Waals surface area (Å²) in [5.74, 6) is 0.159. The number of hydrogen-bond acceptors (Lipinski definition) is 4. The third kappa shape index (κ3) is 5.25. The largest absolute Gasteiger partial charge is 0.506 e. The van der Waals surface area contributed by atoms with Crippen LogP contribution in [0.15, 0.2) is 79.0 Å². The quantitative estimate of drug-likeness (QED) is 0.247. The number of aromatic hydroxyl groups is 1. The van der Waals surface area contributed by atoms with Gasteiger partial charge in [-0.3, -0.25) is 9.78 Å². The molecule has 3 heterocycles. The Hall–Kier alpha value is -4.17. The molecule has 4 aromatic rings. The molecule has 1 aliphatic rings. The maximum Gasteiger partial charge on any atom is 0.226 e. The van der Waals surface area contributed by atoms with E-state index in [2.05, 4.69) is 45.0 Å². The highest BCUT2D eigenvalue weighted by molar-refractivity contribution is 7.80. The molecule has 5 rings (SSSR count). The topological polar surface area (TPSA) is 82.4 Å². The Labute approximate surface area is 234 Å². The molecule has 8 heteroatoms. The van der Waals surface area contributed by atoms with Crippen LogP contribution in [0.3, 0.4) is 0 Å². The summed E-state index contributed by atoms with van der Waals surface area (Å²) in [7, 11) is 0. The van der Waals surface area contributed by atoms with Crippen LogP contribution in [0.2, 0.25) is 0 Å². The summed E-state index contributed by atoms with van der Waals surface area (Å²) in [5.41, 5.74) is 6.61. The lowest BCUT2D eigenvalue weighted by molar-refractivity contribution is -0.116. The van der Waals surface area contributed by atoms with Gasteiger partial charge in [-0.15, -0.1) is 0 Å². The average molecular weight is 540 g/mol. The van der Waals surface area contributed by atoms with Crippen molar-refractivity contribution in [2.45, 2.75) is 45.7 Å². The molecule has 0 spiro atoms. The lowest BCUT2D eigenvalue weighted by atomic mass is 9.96. The normalized spacial score (nSPS) is 16.8. The van der Waals surface area contributed by atoms with Gasteiger partial charge in [-0.05, 0) is 80.0 Å². The van der Waals surface area contributed by atoms with Gasteiger partial charge in [-0.2, -0.15) is 0 Å². The maximum atomic E-state index is 13.0. The van der Waals surface area contributed by atoms with E-state index in [-0.39, 0.29) is 30.2 Å². The smallest absolute Gasteiger partial charge is 0.226 e. The van der Waals surface area contributed by atoms with Crippen LogP contribution in [-0.4, -0.2) is 37.1 Å². The Morgan fingerprint density at radius 2 is 1.82 bits per heavy atom. The van der Waals surface area contributed by atoms with Gasteiger partial charge in [0.05, 0.1) is 23.5 Å². The number of hydrogen-bond donors (Lipinski definition) is 3. The van der Waals surface area contributed by atoms with Crippen LogP contribution in [0.5, 0.6) is 5.75 Å². The van der Waals surface area contributed by atoms with Gasteiger partial charge in [-0.1, -0.05) is 43.3 Å². The third-order valence-corrected chi connectivity index (χ3v) is 7.71. The second kappa shape index (κ2) is 11.3. The summed E-state index contributed by atoms with van der Waals surface area (Å²) in [6.07, 6.45) is 2.91. The summed E-state index contributed by atoms with van der Waals surface area (Å²) in [4.78, 5) is 19.8. The van der Waals surface area contributed by atoms with Crippen LogP contribution in [0.25, 0.3) is 5.69 Å². The first-order chi connectivity index (χ1) is 18.9. The van der Waals surface area contributed by atoms with Gasteiger partial charge in [0, 0.05) is 36.2 Å². The van der Waals surface area contributed by atoms with Crippen LogP contribution in [0.4, 0.5) is 5.69 Å². The predicted octanol–water partition coefficient (Wildman–Crippen LogP) is 5.76. The van der Waals surface area contributed by atoms with Gasteiger partial charge in [0.25, 0.3) is 0 Å². The fraction of sp³-hybridized carbons (Fsp3) is 0.258. The number of benzene rings is 2. The standard InChI is InChI=1S/C31H33N5O2S/c1-4-22-11-5-6-12-24(22)33-28(38)16-18-35-30(29(34-31(35)39)25-13-9-10-17-32-25)23-19-20(2)36(21(23)3)26-14-7-8-15-27(26)37/h5-15,17,19,29-30,37H,4,16,18H2,1-3H3,(H,33,38)(H,34,39). The number of phenols is 1. The molecule has 1 aliphatic heterocycles. The van der Waals surface area contributed by atoms with Crippen molar-refractivity contribution in [2.75, 3.05) is 11.9 Å². The van der Waals surface area contributed by atoms with Gasteiger partial charge in [0.1, 0.15) is 5.75 Å². The number of nitrogens with zero attached hydrogens (tertiary/aromatic N) is 3. The Balaban J connectivity index is 1.47. The monoisotopic (exact) mass is 539 g/mol. The van der Waals surface area contributed by atoms with Gasteiger partial charge < -0.3 is 25.2 Å². The number of nitrogens with one attached hydrogen (secondary N) is 2. The van der Waals surface area contributed by atoms with Crippen molar-refractivity contribution in [3.63, 3.8) is 0 Å². The van der Waals surface area contributed by atoms with Gasteiger partial charge in [0.2, 0.25) is 5.91 Å². The third-order valence-electron chi connectivity index (χ3n) is 7.36. The number of phenolic OH excluding ortho intramolecular Hbond substituents is 1. The van der Waals surface area contributed by atoms with E-state index < -0.39 is 0 Å². The zero-order valence-electron chi connectivity index (χ0n) is 22.4. The molecule has 2 unspecified atom stereocenters. The van der Waals surface area contributed by atoms with E-state index in [1.807, 2.05) is 67.6 Å². The lowest BCUT2D eigenvalue weighted by Crippen LogP contribution is -2.33. The van der Waals surface area contributed by atoms with Crippen LogP contribution < -0.4 is 10.6 Å². The Morgan fingerprint density at radius 1 is 1.08 bits per heavy atom. The van der Waals surface area contributed by atoms with E-state index in [4.69, 9.17) is 12.2 Å². The van der Waals surface area contributed by atoms with Crippen molar-refractivity contribution < 1.29 is 9.90 Å². The van der Waals surface area contributed by atoms with E-state index in [1.165, 1.54) is 0 Å². The zero-order valence-corrected chi connectivity index (χ0v) is 23.2. The fourth-order valence-electron chi connectivity index (χ4n) is 5.48. The Bertz CT molecular complexity index is 1500. The molecular formula is C31H33N5O2S. The highest BCUT2D eigenvalue weighted by Crippen LogP contribution is 2.42. The van der Waals surface area contributed by atoms with Crippen molar-refractivity contribution in [3.8, 4) is 11.4 Å². The first-order valence-electron chi connectivity index (χ1n) is 13.2. The molecule has 1 saturated heterocycles. The predicted molar refractivity (Wildman–Crippen MR) is 158 cm³/mol. The molecule has 1 fully saturated rings. The van der Waals surface area contributed by atoms with Crippen LogP contribution >= 0.6 is 12.2 Å². The number of carbonyl (C=O) groups excluding carboxylic acids is 1. The van der Waals surface area contributed by atoms with Gasteiger partial charge in [0.15, 0.2) is 5.11 Å². The SMILES string of the molecule is CCc1ccccc1NC(=O)CCN1C(=S)NC(c2ccccn2)C1c1cc(C)n(-c2ccccc2O)c1C. The summed E-state index contributed by atoms with van der Waals surface area (Å²) < 4.78 is 2.06. The van der Waals surface area contributed by atoms with E-state index in [0.29, 0.717) is 11.7 Å². The number of amides is 1. The molecule has 0 saturated carbocycles. The highest BCUT2D eigenvalue weighted by Gasteiger charge is 2.41. The number of rotatable bonds is 8. The van der Waals surface area contributed by atoms with E-state index in [9.17, 15) is 9.90 Å². The molecule has 3 N–H and O–H groups in total. The molecule has 2 aromatic heterocycles. The number of para-hydroxylation sites is 3. The summed E-state index contributed by atoms with van der Waals surface area (Å²) >= 11 is 5.82. The second-order valence-electron chi connectivity index (χ2n) is 9.78. The van der Waals surface area contributed by atoms with Crippen molar-refractivity contribution in [1.29, 1.82) is 0 Å². The van der Waals surface area contributed by atoms with E-state index in [1.54, 1.807) is 12.3 Å². The Kier molecular flexibility index (Phi) is 7.65. The minimum atomic E-state index is -0.194. The number of carbonyl (C=O) groups is 1. The molecule has 39 heavy (non-hydrogen) atoms. The van der Waals surface area contributed by atoms with Crippen LogP contribution in [0, 0.1) is 13.8 Å². The summed E-state index contributed by atoms with van der Waals surface area (Å²) in [5, 5.41) is 17.7. The number of pyridine rings is 1. The molecule has 0 aliphatic carbocycles. The molecule has 7 nitrogen and oxygen atoms in total. The number of thiocarbonyl (C=S) groups is 1. The first-order valence-corrected chi connectivity index (χ1v) is 13.6. The highest BCUT2D eigenvalue weighted by atomic mass is 32.1. The first kappa shape index (κ1) is 26.4. The van der Waals surface area contributed by atoms with Gasteiger partial charge >= 0.3 is 0 Å². The fourth-order valence-corrected chi connectivity index (χ4v) is 5.81. The molecule has 0 bridgehead atoms. The molecule has 2 atom stereocenters. The number of aromatic nitrogens is 2. The summed E-state index contributed by atoms with van der Waals surface area (Å²) in [6.45, 7) is 6.61. The molecule has 2 aromatic carbocycles. The number of aryl methyl sites for hydroxylation is 2. The van der Waals surface area contributed by atoms with Crippen molar-refractivity contribution in [1.82, 2.24) is 19.8 Å². The van der Waals surface area contributed by atoms with Crippen molar-refractivity contribution in [2.24, 2.45) is 0 Å². The van der Waals surface area contributed by atoms with Crippen LogP contribution in [-0.2, 0) is 11.2 Å². The Morgan fingerprint density at radius 3 is 2.56 bits per heavy atom. The maximum absolute atomic E-state index is 13.0. The second-order valence-corrected chi connectivity index (χ2v) is 10.2. The van der Waals surface area contributed by atoms with Crippen LogP contribution in [0.1, 0.15) is 53.6 Å².